The van der Waals surface area contributed by atoms with Gasteiger partial charge in [0.1, 0.15) is 0 Å². The van der Waals surface area contributed by atoms with Crippen molar-refractivity contribution in [2.24, 2.45) is 0 Å². The van der Waals surface area contributed by atoms with Crippen molar-refractivity contribution in [3.8, 4) is 11.5 Å². The zero-order valence-electron chi connectivity index (χ0n) is 13.5. The maximum atomic E-state index is 10.5. The van der Waals surface area contributed by atoms with Crippen LogP contribution in [-0.4, -0.2) is 24.5 Å². The van der Waals surface area contributed by atoms with E-state index in [9.17, 15) is 5.11 Å². The van der Waals surface area contributed by atoms with Gasteiger partial charge in [-0.25, -0.2) is 0 Å². The van der Waals surface area contributed by atoms with Crippen molar-refractivity contribution < 1.29 is 14.6 Å². The molecule has 5 heteroatoms. The molecule has 2 unspecified atom stereocenters. The zero-order chi connectivity index (χ0) is 16.3. The minimum Gasteiger partial charge on any atom is -0.454 e. The fraction of sp³-hybridized carbons (Fsp3) is 0.444. The lowest BCUT2D eigenvalue weighted by molar-refractivity contribution is 0.0545. The van der Waals surface area contributed by atoms with Crippen molar-refractivity contribution in [1.29, 1.82) is 0 Å². The molecule has 1 aromatic carbocycles. The van der Waals surface area contributed by atoms with Gasteiger partial charge in [-0.1, -0.05) is 6.07 Å². The highest BCUT2D eigenvalue weighted by atomic mass is 32.1. The number of hydrogen-bond donors (Lipinski definition) is 2. The average molecular weight is 333 g/mol. The van der Waals surface area contributed by atoms with Crippen molar-refractivity contribution in [3.63, 3.8) is 0 Å². The van der Waals surface area contributed by atoms with Crippen LogP contribution < -0.4 is 14.8 Å². The molecule has 0 fully saturated rings. The van der Waals surface area contributed by atoms with Gasteiger partial charge in [-0.05, 0) is 66.8 Å². The van der Waals surface area contributed by atoms with Crippen LogP contribution in [0.15, 0.2) is 35.0 Å². The third-order valence-corrected chi connectivity index (χ3v) is 4.92. The molecule has 3 rings (SSSR count). The first-order valence-corrected chi connectivity index (χ1v) is 8.86. The number of rotatable bonds is 7. The van der Waals surface area contributed by atoms with Gasteiger partial charge in [-0.15, -0.1) is 0 Å². The number of fused-ring (bicyclic) bond motifs is 1. The molecule has 124 valence electrons. The van der Waals surface area contributed by atoms with Crippen molar-refractivity contribution in [3.05, 3.63) is 46.2 Å². The summed E-state index contributed by atoms with van der Waals surface area (Å²) in [5.74, 6) is 1.66. The number of benzene rings is 1. The maximum Gasteiger partial charge on any atom is 0.231 e. The molecule has 0 bridgehead atoms. The Bertz CT molecular complexity index is 640. The highest BCUT2D eigenvalue weighted by Gasteiger charge is 2.23. The molecule has 23 heavy (non-hydrogen) atoms. The molecular formula is C18H23NO3S. The van der Waals surface area contributed by atoms with E-state index in [0.29, 0.717) is 19.4 Å². The molecule has 1 aliphatic rings. The van der Waals surface area contributed by atoms with Crippen molar-refractivity contribution in [2.75, 3.05) is 13.3 Å². The zero-order valence-corrected chi connectivity index (χ0v) is 14.4. The van der Waals surface area contributed by atoms with Gasteiger partial charge in [0.25, 0.3) is 0 Å². The summed E-state index contributed by atoms with van der Waals surface area (Å²) in [4.78, 5) is 0. The highest BCUT2D eigenvalue weighted by molar-refractivity contribution is 7.08. The van der Waals surface area contributed by atoms with Crippen LogP contribution in [0.2, 0.25) is 0 Å². The van der Waals surface area contributed by atoms with Gasteiger partial charge in [0.05, 0.1) is 5.60 Å². The summed E-state index contributed by atoms with van der Waals surface area (Å²) in [6.45, 7) is 4.86. The second-order valence-corrected chi connectivity index (χ2v) is 7.07. The molecule has 0 saturated carbocycles. The number of aryl methyl sites for hydroxylation is 1. The molecule has 1 aliphatic heterocycles. The summed E-state index contributed by atoms with van der Waals surface area (Å²) in [5, 5.41) is 18.0. The molecule has 2 heterocycles. The monoisotopic (exact) mass is 333 g/mol. The van der Waals surface area contributed by atoms with Crippen LogP contribution in [0.3, 0.4) is 0 Å². The summed E-state index contributed by atoms with van der Waals surface area (Å²) >= 11 is 1.61. The maximum absolute atomic E-state index is 10.5. The molecule has 0 aliphatic carbocycles. The minimum absolute atomic E-state index is 0.314. The first kappa shape index (κ1) is 16.3. The second-order valence-electron chi connectivity index (χ2n) is 6.29. The standard InChI is InChI=1S/C18H23NO3S/c1-13(19-11-18(2,20)15-7-8-23-10-15)3-4-14-5-6-16-17(9-14)22-12-21-16/h5-10,13,19-20H,3-4,11-12H2,1-2H3. The van der Waals surface area contributed by atoms with E-state index in [2.05, 4.69) is 24.4 Å². The topological polar surface area (TPSA) is 50.7 Å². The largest absolute Gasteiger partial charge is 0.454 e. The summed E-state index contributed by atoms with van der Waals surface area (Å²) in [6, 6.07) is 8.41. The Morgan fingerprint density at radius 2 is 2.13 bits per heavy atom. The van der Waals surface area contributed by atoms with E-state index in [1.807, 2.05) is 29.8 Å². The molecule has 2 atom stereocenters. The molecule has 0 radical (unpaired) electrons. The summed E-state index contributed by atoms with van der Waals surface area (Å²) < 4.78 is 10.7. The molecular weight excluding hydrogens is 310 g/mol. The molecule has 0 saturated heterocycles. The lowest BCUT2D eigenvalue weighted by atomic mass is 9.98. The van der Waals surface area contributed by atoms with Crippen LogP contribution in [0, 0.1) is 0 Å². The molecule has 1 aromatic heterocycles. The molecule has 0 spiro atoms. The second kappa shape index (κ2) is 6.91. The van der Waals surface area contributed by atoms with E-state index in [0.717, 1.165) is 29.9 Å². The quantitative estimate of drug-likeness (QED) is 0.816. The average Bonchev–Trinajstić information content (AvgIpc) is 3.21. The lowest BCUT2D eigenvalue weighted by Gasteiger charge is -2.25. The predicted octanol–water partition coefficient (Wildman–Crippen LogP) is 3.30. The number of aliphatic hydroxyl groups is 1. The molecule has 2 N–H and O–H groups in total. The fourth-order valence-corrected chi connectivity index (χ4v) is 3.41. The molecule has 2 aromatic rings. The SMILES string of the molecule is CC(CCc1ccc2c(c1)OCO2)NCC(C)(O)c1ccsc1. The highest BCUT2D eigenvalue weighted by Crippen LogP contribution is 2.32. The van der Waals surface area contributed by atoms with Crippen molar-refractivity contribution >= 4 is 11.3 Å². The first-order valence-electron chi connectivity index (χ1n) is 7.91. The number of hydrogen-bond acceptors (Lipinski definition) is 5. The normalized spacial score (nSPS) is 17.0. The van der Waals surface area contributed by atoms with Crippen LogP contribution in [-0.2, 0) is 12.0 Å². The van der Waals surface area contributed by atoms with E-state index in [1.54, 1.807) is 11.3 Å². The van der Waals surface area contributed by atoms with E-state index >= 15 is 0 Å². The van der Waals surface area contributed by atoms with Crippen LogP contribution in [0.4, 0.5) is 0 Å². The van der Waals surface area contributed by atoms with Crippen LogP contribution in [0.5, 0.6) is 11.5 Å². The van der Waals surface area contributed by atoms with Crippen molar-refractivity contribution in [1.82, 2.24) is 5.32 Å². The number of thiophene rings is 1. The Morgan fingerprint density at radius 3 is 2.91 bits per heavy atom. The van der Waals surface area contributed by atoms with Gasteiger partial charge >= 0.3 is 0 Å². The smallest absolute Gasteiger partial charge is 0.231 e. The number of nitrogens with one attached hydrogen (secondary N) is 1. The minimum atomic E-state index is -0.826. The third kappa shape index (κ3) is 4.05. The fourth-order valence-electron chi connectivity index (χ4n) is 2.63. The van der Waals surface area contributed by atoms with Crippen molar-refractivity contribution in [2.45, 2.75) is 38.3 Å². The Hall–Kier alpha value is -1.56. The molecule has 0 amide bonds. The van der Waals surface area contributed by atoms with E-state index in [1.165, 1.54) is 5.56 Å². The van der Waals surface area contributed by atoms with E-state index in [-0.39, 0.29) is 0 Å². The van der Waals surface area contributed by atoms with Gasteiger partial charge in [0.2, 0.25) is 6.79 Å². The Balaban J connectivity index is 1.47. The van der Waals surface area contributed by atoms with Crippen LogP contribution >= 0.6 is 11.3 Å². The van der Waals surface area contributed by atoms with E-state index in [4.69, 9.17) is 9.47 Å². The van der Waals surface area contributed by atoms with Gasteiger partial charge in [0.15, 0.2) is 11.5 Å². The van der Waals surface area contributed by atoms with Gasteiger partial charge in [-0.2, -0.15) is 11.3 Å². The third-order valence-electron chi connectivity index (χ3n) is 4.24. The predicted molar refractivity (Wildman–Crippen MR) is 92.2 cm³/mol. The summed E-state index contributed by atoms with van der Waals surface area (Å²) in [6.07, 6.45) is 1.96. The number of ether oxygens (including phenoxy) is 2. The lowest BCUT2D eigenvalue weighted by Crippen LogP contribution is -2.39. The Labute approximate surface area is 141 Å². The van der Waals surface area contributed by atoms with Crippen LogP contribution in [0.1, 0.15) is 31.4 Å². The van der Waals surface area contributed by atoms with Gasteiger partial charge in [-0.3, -0.25) is 0 Å². The van der Waals surface area contributed by atoms with E-state index < -0.39 is 5.60 Å². The van der Waals surface area contributed by atoms with Gasteiger partial charge < -0.3 is 19.9 Å². The summed E-state index contributed by atoms with van der Waals surface area (Å²) in [7, 11) is 0. The van der Waals surface area contributed by atoms with Gasteiger partial charge in [0, 0.05) is 12.6 Å². The first-order chi connectivity index (χ1) is 11.0. The Kier molecular flexibility index (Phi) is 4.90. The molecule has 4 nitrogen and oxygen atoms in total. The van der Waals surface area contributed by atoms with Crippen LogP contribution in [0.25, 0.3) is 0 Å². The summed E-state index contributed by atoms with van der Waals surface area (Å²) in [5.41, 5.74) is 1.39. The Morgan fingerprint density at radius 1 is 1.30 bits per heavy atom.